The van der Waals surface area contributed by atoms with Gasteiger partial charge in [-0.2, -0.15) is 18.2 Å². The van der Waals surface area contributed by atoms with Gasteiger partial charge in [0.05, 0.1) is 10.0 Å². The van der Waals surface area contributed by atoms with E-state index in [9.17, 15) is 13.2 Å². The molecule has 1 aromatic heterocycles. The van der Waals surface area contributed by atoms with E-state index < -0.39 is 11.7 Å². The van der Waals surface area contributed by atoms with Crippen LogP contribution in [0.3, 0.4) is 0 Å². The number of nitrogens with zero attached hydrogens (tertiary/aromatic N) is 1. The number of nitrogens with one attached hydrogen (secondary N) is 1. The Labute approximate surface area is 128 Å². The Morgan fingerprint density at radius 2 is 1.95 bits per heavy atom. The van der Waals surface area contributed by atoms with Crippen molar-refractivity contribution in [3.05, 3.63) is 46.4 Å². The zero-order valence-electron chi connectivity index (χ0n) is 11.0. The highest BCUT2D eigenvalue weighted by Crippen LogP contribution is 2.35. The van der Waals surface area contributed by atoms with Gasteiger partial charge in [-0.25, -0.2) is 0 Å². The molecule has 7 heteroatoms. The van der Waals surface area contributed by atoms with Crippen molar-refractivity contribution >= 4 is 21.7 Å². The van der Waals surface area contributed by atoms with E-state index in [0.29, 0.717) is 16.8 Å². The predicted molar refractivity (Wildman–Crippen MR) is 77.6 cm³/mol. The molecule has 1 aromatic carbocycles. The molecule has 0 saturated heterocycles. The molecule has 0 aliphatic carbocycles. The summed E-state index contributed by atoms with van der Waals surface area (Å²) in [4.78, 5) is 4.02. The molecular weight excluding hydrogens is 349 g/mol. The van der Waals surface area contributed by atoms with Crippen molar-refractivity contribution in [2.24, 2.45) is 0 Å². The largest absolute Gasteiger partial charge is 0.438 e. The lowest BCUT2D eigenvalue weighted by Gasteiger charge is -2.13. The van der Waals surface area contributed by atoms with Crippen LogP contribution in [0.2, 0.25) is 0 Å². The van der Waals surface area contributed by atoms with E-state index in [0.717, 1.165) is 12.1 Å². The minimum Gasteiger partial charge on any atom is -0.438 e. The molecule has 0 saturated carbocycles. The Bertz CT molecular complexity index is 632. The third-order valence-corrected chi connectivity index (χ3v) is 3.19. The molecule has 0 atom stereocenters. The van der Waals surface area contributed by atoms with Crippen LogP contribution >= 0.6 is 15.9 Å². The van der Waals surface area contributed by atoms with E-state index in [1.54, 1.807) is 31.2 Å². The molecule has 0 spiro atoms. The van der Waals surface area contributed by atoms with E-state index in [1.807, 2.05) is 0 Å². The number of hydrogen-bond acceptors (Lipinski definition) is 3. The van der Waals surface area contributed by atoms with Crippen molar-refractivity contribution in [2.45, 2.75) is 13.1 Å². The lowest BCUT2D eigenvalue weighted by Crippen LogP contribution is -2.08. The second-order valence-electron chi connectivity index (χ2n) is 4.14. The second kappa shape index (κ2) is 6.34. The Morgan fingerprint density at radius 3 is 2.57 bits per heavy atom. The van der Waals surface area contributed by atoms with Crippen molar-refractivity contribution in [1.29, 1.82) is 0 Å². The van der Waals surface area contributed by atoms with Gasteiger partial charge in [-0.1, -0.05) is 12.1 Å². The van der Waals surface area contributed by atoms with E-state index in [4.69, 9.17) is 4.74 Å². The third-order valence-electron chi connectivity index (χ3n) is 2.54. The molecule has 1 heterocycles. The SMILES string of the molecule is CCNc1cc(C(F)(F)F)cc(Oc2ccccc2Br)n1. The van der Waals surface area contributed by atoms with Crippen LogP contribution in [0.1, 0.15) is 12.5 Å². The van der Waals surface area contributed by atoms with Crippen molar-refractivity contribution in [1.82, 2.24) is 4.98 Å². The van der Waals surface area contributed by atoms with Gasteiger partial charge in [-0.15, -0.1) is 0 Å². The van der Waals surface area contributed by atoms with Gasteiger partial charge in [0, 0.05) is 12.6 Å². The van der Waals surface area contributed by atoms with Crippen LogP contribution in [0.4, 0.5) is 19.0 Å². The fraction of sp³-hybridized carbons (Fsp3) is 0.214. The summed E-state index contributed by atoms with van der Waals surface area (Å²) in [6.45, 7) is 2.24. The van der Waals surface area contributed by atoms with Gasteiger partial charge in [0.15, 0.2) is 0 Å². The van der Waals surface area contributed by atoms with E-state index in [2.05, 4.69) is 26.2 Å². The number of aromatic nitrogens is 1. The lowest BCUT2D eigenvalue weighted by atomic mass is 10.2. The Hall–Kier alpha value is -1.76. The van der Waals surface area contributed by atoms with Crippen LogP contribution in [0.15, 0.2) is 40.9 Å². The standard InChI is InChI=1S/C14H12BrF3N2O/c1-2-19-12-7-9(14(16,17)18)8-13(20-12)21-11-6-4-3-5-10(11)15/h3-8H,2H2,1H3,(H,19,20). The molecule has 0 bridgehead atoms. The fourth-order valence-electron chi connectivity index (χ4n) is 1.63. The average Bonchev–Trinajstić information content (AvgIpc) is 2.41. The molecule has 1 N–H and O–H groups in total. The van der Waals surface area contributed by atoms with Gasteiger partial charge in [-0.05, 0) is 41.1 Å². The van der Waals surface area contributed by atoms with Crippen LogP contribution in [0, 0.1) is 0 Å². The molecule has 0 fully saturated rings. The highest BCUT2D eigenvalue weighted by Gasteiger charge is 2.32. The monoisotopic (exact) mass is 360 g/mol. The molecule has 0 aliphatic heterocycles. The van der Waals surface area contributed by atoms with E-state index in [-0.39, 0.29) is 11.7 Å². The maximum Gasteiger partial charge on any atom is 0.416 e. The minimum absolute atomic E-state index is 0.118. The molecule has 2 rings (SSSR count). The summed E-state index contributed by atoms with van der Waals surface area (Å²) in [6.07, 6.45) is -4.46. The number of hydrogen-bond donors (Lipinski definition) is 1. The maximum absolute atomic E-state index is 12.9. The minimum atomic E-state index is -4.46. The first-order valence-corrected chi connectivity index (χ1v) is 6.95. The zero-order chi connectivity index (χ0) is 15.5. The molecular formula is C14H12BrF3N2O. The summed E-state index contributed by atoms with van der Waals surface area (Å²) >= 11 is 3.27. The molecule has 0 aliphatic rings. The van der Waals surface area contributed by atoms with Crippen LogP contribution < -0.4 is 10.1 Å². The lowest BCUT2D eigenvalue weighted by molar-refractivity contribution is -0.137. The topological polar surface area (TPSA) is 34.1 Å². The summed E-state index contributed by atoms with van der Waals surface area (Å²) in [5.41, 5.74) is -0.810. The number of rotatable bonds is 4. The number of benzene rings is 1. The summed E-state index contributed by atoms with van der Waals surface area (Å²) < 4.78 is 44.7. The van der Waals surface area contributed by atoms with Crippen molar-refractivity contribution in [2.75, 3.05) is 11.9 Å². The van der Waals surface area contributed by atoms with Gasteiger partial charge in [0.25, 0.3) is 0 Å². The summed E-state index contributed by atoms with van der Waals surface area (Å²) in [7, 11) is 0. The first-order valence-electron chi connectivity index (χ1n) is 6.15. The Morgan fingerprint density at radius 1 is 1.24 bits per heavy atom. The van der Waals surface area contributed by atoms with Crippen LogP contribution in [0.5, 0.6) is 11.6 Å². The highest BCUT2D eigenvalue weighted by molar-refractivity contribution is 9.10. The Balaban J connectivity index is 2.38. The van der Waals surface area contributed by atoms with Gasteiger partial charge in [0.1, 0.15) is 11.6 Å². The molecule has 0 unspecified atom stereocenters. The number of anilines is 1. The maximum atomic E-state index is 12.9. The molecule has 2 aromatic rings. The highest BCUT2D eigenvalue weighted by atomic mass is 79.9. The normalized spacial score (nSPS) is 11.3. The first kappa shape index (κ1) is 15.6. The number of halogens is 4. The van der Waals surface area contributed by atoms with E-state index >= 15 is 0 Å². The van der Waals surface area contributed by atoms with Gasteiger partial charge >= 0.3 is 6.18 Å². The quantitative estimate of drug-likeness (QED) is 0.824. The summed E-state index contributed by atoms with van der Waals surface area (Å²) in [5.74, 6) is 0.397. The van der Waals surface area contributed by atoms with Gasteiger partial charge < -0.3 is 10.1 Å². The predicted octanol–water partition coefficient (Wildman–Crippen LogP) is 5.09. The van der Waals surface area contributed by atoms with Gasteiger partial charge in [0.2, 0.25) is 5.88 Å². The third kappa shape index (κ3) is 4.10. The molecule has 112 valence electrons. The number of ether oxygens (including phenoxy) is 1. The van der Waals surface area contributed by atoms with Crippen LogP contribution in [0.25, 0.3) is 0 Å². The zero-order valence-corrected chi connectivity index (χ0v) is 12.6. The number of para-hydroxylation sites is 1. The number of alkyl halides is 3. The van der Waals surface area contributed by atoms with E-state index in [1.165, 1.54) is 0 Å². The average molecular weight is 361 g/mol. The van der Waals surface area contributed by atoms with Crippen LogP contribution in [-0.2, 0) is 6.18 Å². The summed E-state index contributed by atoms with van der Waals surface area (Å²) in [6, 6.07) is 8.70. The summed E-state index contributed by atoms with van der Waals surface area (Å²) in [5, 5.41) is 2.76. The fourth-order valence-corrected chi connectivity index (χ4v) is 2.00. The Kier molecular flexibility index (Phi) is 4.72. The molecule has 21 heavy (non-hydrogen) atoms. The van der Waals surface area contributed by atoms with Crippen molar-refractivity contribution < 1.29 is 17.9 Å². The smallest absolute Gasteiger partial charge is 0.416 e. The van der Waals surface area contributed by atoms with Crippen molar-refractivity contribution in [3.63, 3.8) is 0 Å². The molecule has 3 nitrogen and oxygen atoms in total. The first-order chi connectivity index (χ1) is 9.90. The molecule has 0 radical (unpaired) electrons. The number of pyridine rings is 1. The van der Waals surface area contributed by atoms with Crippen LogP contribution in [-0.4, -0.2) is 11.5 Å². The van der Waals surface area contributed by atoms with Gasteiger partial charge in [-0.3, -0.25) is 0 Å². The second-order valence-corrected chi connectivity index (χ2v) is 4.99. The molecule has 0 amide bonds. The van der Waals surface area contributed by atoms with Crippen molar-refractivity contribution in [3.8, 4) is 11.6 Å².